The minimum Gasteiger partial charge on any atom is -0.477 e. The van der Waals surface area contributed by atoms with Gasteiger partial charge in [0, 0.05) is 24.2 Å². The SMILES string of the molecule is Cc1cnc(Sc2ncccn2)c(C(=O)O)c1[N+](=O)[O-]. The molecule has 0 amide bonds. The topological polar surface area (TPSA) is 119 Å². The molecule has 9 heteroatoms. The van der Waals surface area contributed by atoms with Crippen molar-refractivity contribution in [3.8, 4) is 0 Å². The predicted molar refractivity (Wildman–Crippen MR) is 68.7 cm³/mol. The number of carboxylic acid groups (broad SMARTS) is 1. The lowest BCUT2D eigenvalue weighted by Crippen LogP contribution is -2.08. The first kappa shape index (κ1) is 13.9. The molecule has 8 nitrogen and oxygen atoms in total. The maximum absolute atomic E-state index is 11.3. The van der Waals surface area contributed by atoms with E-state index in [1.807, 2.05) is 0 Å². The molecule has 0 saturated carbocycles. The van der Waals surface area contributed by atoms with Crippen LogP contribution in [-0.4, -0.2) is 31.0 Å². The second-order valence-corrected chi connectivity index (χ2v) is 4.62. The summed E-state index contributed by atoms with van der Waals surface area (Å²) in [6.45, 7) is 1.44. The van der Waals surface area contributed by atoms with Crippen molar-refractivity contribution >= 4 is 23.4 Å². The third-order valence-electron chi connectivity index (χ3n) is 2.33. The second kappa shape index (κ2) is 5.61. The lowest BCUT2D eigenvalue weighted by atomic mass is 10.1. The van der Waals surface area contributed by atoms with Gasteiger partial charge < -0.3 is 5.11 Å². The highest BCUT2D eigenvalue weighted by Gasteiger charge is 2.28. The Hall–Kier alpha value is -2.55. The van der Waals surface area contributed by atoms with Crippen LogP contribution in [0, 0.1) is 17.0 Å². The maximum Gasteiger partial charge on any atom is 0.345 e. The number of hydrogen-bond donors (Lipinski definition) is 1. The summed E-state index contributed by atoms with van der Waals surface area (Å²) in [5.41, 5.74) is -0.732. The molecule has 0 unspecified atom stereocenters. The van der Waals surface area contributed by atoms with Crippen molar-refractivity contribution in [3.63, 3.8) is 0 Å². The number of rotatable bonds is 4. The van der Waals surface area contributed by atoms with E-state index in [0.717, 1.165) is 11.8 Å². The zero-order chi connectivity index (χ0) is 14.7. The van der Waals surface area contributed by atoms with Crippen LogP contribution in [0.3, 0.4) is 0 Å². The monoisotopic (exact) mass is 292 g/mol. The van der Waals surface area contributed by atoms with E-state index in [-0.39, 0.29) is 15.7 Å². The molecule has 2 heterocycles. The van der Waals surface area contributed by atoms with E-state index in [9.17, 15) is 20.0 Å². The lowest BCUT2D eigenvalue weighted by Gasteiger charge is -2.06. The van der Waals surface area contributed by atoms with Crippen molar-refractivity contribution in [2.45, 2.75) is 17.1 Å². The van der Waals surface area contributed by atoms with E-state index in [4.69, 9.17) is 0 Å². The van der Waals surface area contributed by atoms with Gasteiger partial charge in [-0.15, -0.1) is 0 Å². The van der Waals surface area contributed by atoms with Crippen molar-refractivity contribution < 1.29 is 14.8 Å². The van der Waals surface area contributed by atoms with Crippen molar-refractivity contribution in [2.24, 2.45) is 0 Å². The van der Waals surface area contributed by atoms with Crippen LogP contribution in [0.2, 0.25) is 0 Å². The molecule has 102 valence electrons. The fourth-order valence-corrected chi connectivity index (χ4v) is 2.30. The van der Waals surface area contributed by atoms with Gasteiger partial charge >= 0.3 is 5.97 Å². The van der Waals surface area contributed by atoms with Gasteiger partial charge in [0.2, 0.25) is 0 Å². The average molecular weight is 292 g/mol. The van der Waals surface area contributed by atoms with Gasteiger partial charge in [-0.25, -0.2) is 19.7 Å². The smallest absolute Gasteiger partial charge is 0.345 e. The Balaban J connectivity index is 2.56. The number of carboxylic acids is 1. The Morgan fingerprint density at radius 1 is 1.35 bits per heavy atom. The zero-order valence-corrected chi connectivity index (χ0v) is 11.0. The van der Waals surface area contributed by atoms with Gasteiger partial charge in [-0.3, -0.25) is 10.1 Å². The largest absolute Gasteiger partial charge is 0.477 e. The van der Waals surface area contributed by atoms with E-state index in [2.05, 4.69) is 15.0 Å². The molecule has 0 aliphatic carbocycles. The molecule has 2 aromatic rings. The van der Waals surface area contributed by atoms with Crippen molar-refractivity contribution in [2.75, 3.05) is 0 Å². The molecule has 2 aromatic heterocycles. The number of pyridine rings is 1. The van der Waals surface area contributed by atoms with E-state index >= 15 is 0 Å². The third kappa shape index (κ3) is 2.72. The van der Waals surface area contributed by atoms with Crippen LogP contribution in [0.4, 0.5) is 5.69 Å². The van der Waals surface area contributed by atoms with Crippen LogP contribution in [0.25, 0.3) is 0 Å². The van der Waals surface area contributed by atoms with Crippen LogP contribution in [0.5, 0.6) is 0 Å². The number of aromatic carboxylic acids is 1. The van der Waals surface area contributed by atoms with Crippen LogP contribution in [0.1, 0.15) is 15.9 Å². The number of nitrogens with zero attached hydrogens (tertiary/aromatic N) is 4. The van der Waals surface area contributed by atoms with Crippen molar-refractivity contribution in [1.82, 2.24) is 15.0 Å². The molecule has 0 bridgehead atoms. The standard InChI is InChI=1S/C11H8N4O4S/c1-6-5-14-9(20-11-12-3-2-4-13-11)7(10(16)17)8(6)15(18)19/h2-5H,1H3,(H,16,17). The predicted octanol–water partition coefficient (Wildman–Crippen LogP) is 1.94. The summed E-state index contributed by atoms with van der Waals surface area (Å²) in [6, 6.07) is 1.60. The van der Waals surface area contributed by atoms with Gasteiger partial charge in [0.25, 0.3) is 5.69 Å². The molecule has 0 aliphatic rings. The molecule has 0 saturated heterocycles. The first-order valence-electron chi connectivity index (χ1n) is 5.33. The van der Waals surface area contributed by atoms with Crippen molar-refractivity contribution in [1.29, 1.82) is 0 Å². The van der Waals surface area contributed by atoms with Crippen LogP contribution < -0.4 is 0 Å². The average Bonchev–Trinajstić information content (AvgIpc) is 2.41. The number of nitro groups is 1. The molecule has 1 N–H and O–H groups in total. The Kier molecular flexibility index (Phi) is 3.89. The summed E-state index contributed by atoms with van der Waals surface area (Å²) in [6.07, 6.45) is 4.23. The van der Waals surface area contributed by atoms with Gasteiger partial charge in [0.15, 0.2) is 10.7 Å². The van der Waals surface area contributed by atoms with Gasteiger partial charge in [-0.1, -0.05) is 0 Å². The first-order valence-corrected chi connectivity index (χ1v) is 6.14. The summed E-state index contributed by atoms with van der Waals surface area (Å²) >= 11 is 0.864. The molecule has 0 atom stereocenters. The highest BCUT2D eigenvalue weighted by Crippen LogP contribution is 2.33. The Bertz CT molecular complexity index is 678. The summed E-state index contributed by atoms with van der Waals surface area (Å²) in [4.78, 5) is 33.4. The molecule has 0 aromatic carbocycles. The fraction of sp³-hybridized carbons (Fsp3) is 0.0909. The first-order chi connectivity index (χ1) is 9.50. The van der Waals surface area contributed by atoms with E-state index in [1.165, 1.54) is 25.5 Å². The van der Waals surface area contributed by atoms with Gasteiger partial charge in [-0.05, 0) is 24.8 Å². The minimum atomic E-state index is -1.41. The fourth-order valence-electron chi connectivity index (χ4n) is 1.51. The summed E-state index contributed by atoms with van der Waals surface area (Å²) in [7, 11) is 0. The van der Waals surface area contributed by atoms with Gasteiger partial charge in [0.05, 0.1) is 4.92 Å². The van der Waals surface area contributed by atoms with Gasteiger partial charge in [0.1, 0.15) is 5.03 Å². The normalized spacial score (nSPS) is 10.2. The molecule has 0 aliphatic heterocycles. The Morgan fingerprint density at radius 2 is 2.00 bits per heavy atom. The number of carbonyl (C=O) groups is 1. The summed E-state index contributed by atoms with van der Waals surface area (Å²) in [5.74, 6) is -1.41. The Morgan fingerprint density at radius 3 is 2.55 bits per heavy atom. The maximum atomic E-state index is 11.3. The van der Waals surface area contributed by atoms with Crippen molar-refractivity contribution in [3.05, 3.63) is 45.9 Å². The highest BCUT2D eigenvalue weighted by molar-refractivity contribution is 7.99. The van der Waals surface area contributed by atoms with Crippen LogP contribution in [0.15, 0.2) is 34.8 Å². The molecule has 0 radical (unpaired) electrons. The minimum absolute atomic E-state index is 0.0130. The summed E-state index contributed by atoms with van der Waals surface area (Å²) in [5, 5.41) is 20.5. The second-order valence-electron chi connectivity index (χ2n) is 3.67. The van der Waals surface area contributed by atoms with Crippen LogP contribution in [-0.2, 0) is 0 Å². The molecular weight excluding hydrogens is 284 g/mol. The zero-order valence-electron chi connectivity index (χ0n) is 10.2. The van der Waals surface area contributed by atoms with E-state index in [0.29, 0.717) is 0 Å². The number of hydrogen-bond acceptors (Lipinski definition) is 7. The van der Waals surface area contributed by atoms with Gasteiger partial charge in [-0.2, -0.15) is 0 Å². The third-order valence-corrected chi connectivity index (χ3v) is 3.22. The van der Waals surface area contributed by atoms with Crippen LogP contribution >= 0.6 is 11.8 Å². The quantitative estimate of drug-likeness (QED) is 0.515. The number of aryl methyl sites for hydroxylation is 1. The molecular formula is C11H8N4O4S. The Labute approximate surface area is 117 Å². The molecule has 0 fully saturated rings. The lowest BCUT2D eigenvalue weighted by molar-refractivity contribution is -0.386. The molecule has 20 heavy (non-hydrogen) atoms. The molecule has 0 spiro atoms. The van der Waals surface area contributed by atoms with E-state index in [1.54, 1.807) is 6.07 Å². The summed E-state index contributed by atoms with van der Waals surface area (Å²) < 4.78 is 0. The van der Waals surface area contributed by atoms with E-state index < -0.39 is 22.1 Å². The molecule has 2 rings (SSSR count). The highest BCUT2D eigenvalue weighted by atomic mass is 32.2. The number of aromatic nitrogens is 3.